The summed E-state index contributed by atoms with van der Waals surface area (Å²) in [7, 11) is 0. The maximum absolute atomic E-state index is 13.6. The van der Waals surface area contributed by atoms with Crippen molar-refractivity contribution in [3.05, 3.63) is 106 Å². The molecule has 1 amide bonds. The van der Waals surface area contributed by atoms with Crippen LogP contribution in [0.15, 0.2) is 89.4 Å². The second-order valence-electron chi connectivity index (χ2n) is 7.84. The van der Waals surface area contributed by atoms with Gasteiger partial charge in [-0.25, -0.2) is 0 Å². The maximum atomic E-state index is 13.6. The van der Waals surface area contributed by atoms with E-state index < -0.39 is 0 Å². The minimum absolute atomic E-state index is 0.0969. The van der Waals surface area contributed by atoms with Crippen molar-refractivity contribution in [2.75, 3.05) is 0 Å². The van der Waals surface area contributed by atoms with Crippen LogP contribution in [0, 0.1) is 5.92 Å². The summed E-state index contributed by atoms with van der Waals surface area (Å²) in [4.78, 5) is 13.6. The molecule has 0 radical (unpaired) electrons. The van der Waals surface area contributed by atoms with E-state index in [4.69, 9.17) is 0 Å². The predicted molar refractivity (Wildman–Crippen MR) is 122 cm³/mol. The molecule has 0 bridgehead atoms. The number of carbonyl (C=O) groups excluding carboxylic acids is 1. The first kappa shape index (κ1) is 19.9. The van der Waals surface area contributed by atoms with Crippen molar-refractivity contribution in [2.45, 2.75) is 37.6 Å². The first-order valence-corrected chi connectivity index (χ1v) is 11.2. The van der Waals surface area contributed by atoms with Gasteiger partial charge in [-0.3, -0.25) is 4.79 Å². The van der Waals surface area contributed by atoms with Gasteiger partial charge >= 0.3 is 0 Å². The molecule has 148 valence electrons. The first-order valence-electron chi connectivity index (χ1n) is 10.4. The molecule has 1 fully saturated rings. The van der Waals surface area contributed by atoms with Gasteiger partial charge in [0.2, 0.25) is 5.91 Å². The average molecular weight is 448 g/mol. The molecule has 29 heavy (non-hydrogen) atoms. The van der Waals surface area contributed by atoms with Crippen molar-refractivity contribution in [3.8, 4) is 0 Å². The quantitative estimate of drug-likeness (QED) is 0.451. The predicted octanol–water partition coefficient (Wildman–Crippen LogP) is 6.63. The molecule has 1 aliphatic rings. The summed E-state index contributed by atoms with van der Waals surface area (Å²) < 4.78 is 1.03. The number of rotatable bonds is 6. The van der Waals surface area contributed by atoms with E-state index in [9.17, 15) is 4.79 Å². The zero-order valence-corrected chi connectivity index (χ0v) is 18.0. The molecule has 0 spiro atoms. The molecule has 1 N–H and O–H groups in total. The standard InChI is InChI=1S/C26H26BrNO/c27-23-17-15-22(16-18-23)25(21-13-5-2-6-14-21)28-26(29)24(20-11-7-8-12-20)19-9-3-1-4-10-19/h1-6,9-10,13-18,20,24-25H,7-8,11-12H2,(H,28,29)/t24-,25-/m1/s1. The number of amides is 1. The van der Waals surface area contributed by atoms with Gasteiger partial charge in [-0.2, -0.15) is 0 Å². The van der Waals surface area contributed by atoms with E-state index in [1.54, 1.807) is 0 Å². The summed E-state index contributed by atoms with van der Waals surface area (Å²) in [6, 6.07) is 28.6. The average Bonchev–Trinajstić information content (AvgIpc) is 3.29. The summed E-state index contributed by atoms with van der Waals surface area (Å²) in [6.07, 6.45) is 4.69. The van der Waals surface area contributed by atoms with E-state index in [0.717, 1.165) is 34.0 Å². The highest BCUT2D eigenvalue weighted by Gasteiger charge is 2.33. The molecule has 1 aliphatic carbocycles. The van der Waals surface area contributed by atoms with Gasteiger partial charge in [-0.1, -0.05) is 102 Å². The molecule has 4 rings (SSSR count). The molecule has 0 heterocycles. The Labute approximate surface area is 181 Å². The van der Waals surface area contributed by atoms with Crippen LogP contribution in [0.4, 0.5) is 0 Å². The Morgan fingerprint density at radius 3 is 1.86 bits per heavy atom. The molecule has 2 atom stereocenters. The third-order valence-corrected chi connectivity index (χ3v) is 6.46. The minimum Gasteiger partial charge on any atom is -0.345 e. The van der Waals surface area contributed by atoms with Crippen LogP contribution in [-0.2, 0) is 4.79 Å². The van der Waals surface area contributed by atoms with Gasteiger partial charge < -0.3 is 5.32 Å². The van der Waals surface area contributed by atoms with Gasteiger partial charge in [-0.15, -0.1) is 0 Å². The van der Waals surface area contributed by atoms with Crippen molar-refractivity contribution in [3.63, 3.8) is 0 Å². The number of nitrogens with one attached hydrogen (secondary N) is 1. The van der Waals surface area contributed by atoms with Gasteiger partial charge in [0.1, 0.15) is 0 Å². The SMILES string of the molecule is O=C(N[C@H](c1ccccc1)c1ccc(Br)cc1)[C@H](c1ccccc1)C1CCCC1. The van der Waals surface area contributed by atoms with E-state index in [2.05, 4.69) is 57.6 Å². The van der Waals surface area contributed by atoms with Crippen LogP contribution in [-0.4, -0.2) is 5.91 Å². The lowest BCUT2D eigenvalue weighted by atomic mass is 9.83. The zero-order valence-electron chi connectivity index (χ0n) is 16.4. The smallest absolute Gasteiger partial charge is 0.228 e. The normalized spacial score (nSPS) is 16.3. The molecule has 1 saturated carbocycles. The molecule has 3 aromatic rings. The molecule has 3 heteroatoms. The Morgan fingerprint density at radius 2 is 1.28 bits per heavy atom. The van der Waals surface area contributed by atoms with Crippen LogP contribution in [0.2, 0.25) is 0 Å². The lowest BCUT2D eigenvalue weighted by molar-refractivity contribution is -0.124. The Kier molecular flexibility index (Phi) is 6.46. The summed E-state index contributed by atoms with van der Waals surface area (Å²) in [5.74, 6) is 0.443. The van der Waals surface area contributed by atoms with Gasteiger partial charge in [0.25, 0.3) is 0 Å². The summed E-state index contributed by atoms with van der Waals surface area (Å²) in [6.45, 7) is 0. The molecule has 0 aliphatic heterocycles. The lowest BCUT2D eigenvalue weighted by Gasteiger charge is -2.27. The fourth-order valence-corrected chi connectivity index (χ4v) is 4.74. The summed E-state index contributed by atoms with van der Waals surface area (Å²) >= 11 is 3.51. The maximum Gasteiger partial charge on any atom is 0.228 e. The molecule has 0 aromatic heterocycles. The molecular weight excluding hydrogens is 422 g/mol. The summed E-state index contributed by atoms with van der Waals surface area (Å²) in [5, 5.41) is 3.39. The Bertz CT molecular complexity index is 918. The number of hydrogen-bond donors (Lipinski definition) is 1. The van der Waals surface area contributed by atoms with E-state index in [1.165, 1.54) is 12.8 Å². The van der Waals surface area contributed by atoms with Crippen molar-refractivity contribution in [1.82, 2.24) is 5.32 Å². The van der Waals surface area contributed by atoms with Crippen molar-refractivity contribution in [2.24, 2.45) is 5.92 Å². The van der Waals surface area contributed by atoms with E-state index in [-0.39, 0.29) is 17.9 Å². The van der Waals surface area contributed by atoms with Crippen molar-refractivity contribution >= 4 is 21.8 Å². The minimum atomic E-state index is -0.163. The van der Waals surface area contributed by atoms with E-state index in [1.807, 2.05) is 48.5 Å². The largest absolute Gasteiger partial charge is 0.345 e. The highest BCUT2D eigenvalue weighted by molar-refractivity contribution is 9.10. The lowest BCUT2D eigenvalue weighted by Crippen LogP contribution is -2.36. The van der Waals surface area contributed by atoms with Gasteiger partial charge in [0, 0.05) is 4.47 Å². The molecule has 2 nitrogen and oxygen atoms in total. The topological polar surface area (TPSA) is 29.1 Å². The second-order valence-corrected chi connectivity index (χ2v) is 8.75. The molecule has 0 unspecified atom stereocenters. The van der Waals surface area contributed by atoms with E-state index in [0.29, 0.717) is 5.92 Å². The molecule has 0 saturated heterocycles. The van der Waals surface area contributed by atoms with Crippen LogP contribution >= 0.6 is 15.9 Å². The summed E-state index contributed by atoms with van der Waals surface area (Å²) in [5.41, 5.74) is 3.31. The van der Waals surface area contributed by atoms with Gasteiger partial charge in [0.05, 0.1) is 12.0 Å². The van der Waals surface area contributed by atoms with Crippen molar-refractivity contribution in [1.29, 1.82) is 0 Å². The zero-order chi connectivity index (χ0) is 20.1. The fourth-order valence-electron chi connectivity index (χ4n) is 4.48. The van der Waals surface area contributed by atoms with Gasteiger partial charge in [0.15, 0.2) is 0 Å². The highest BCUT2D eigenvalue weighted by Crippen LogP contribution is 2.38. The first-order chi connectivity index (χ1) is 14.2. The van der Waals surface area contributed by atoms with Crippen LogP contribution in [0.1, 0.15) is 54.3 Å². The van der Waals surface area contributed by atoms with Crippen molar-refractivity contribution < 1.29 is 4.79 Å². The Hall–Kier alpha value is -2.39. The number of carbonyl (C=O) groups is 1. The van der Waals surface area contributed by atoms with Gasteiger partial charge in [-0.05, 0) is 47.6 Å². The highest BCUT2D eigenvalue weighted by atomic mass is 79.9. The monoisotopic (exact) mass is 447 g/mol. The van der Waals surface area contributed by atoms with Crippen LogP contribution in [0.3, 0.4) is 0 Å². The van der Waals surface area contributed by atoms with Crippen LogP contribution in [0.25, 0.3) is 0 Å². The number of benzene rings is 3. The number of hydrogen-bond acceptors (Lipinski definition) is 1. The fraction of sp³-hybridized carbons (Fsp3) is 0.269. The van der Waals surface area contributed by atoms with Crippen LogP contribution < -0.4 is 5.32 Å². The third kappa shape index (κ3) is 4.79. The van der Waals surface area contributed by atoms with E-state index >= 15 is 0 Å². The third-order valence-electron chi connectivity index (χ3n) is 5.94. The number of halogens is 1. The Morgan fingerprint density at radius 1 is 0.759 bits per heavy atom. The second kappa shape index (κ2) is 9.41. The van der Waals surface area contributed by atoms with Crippen LogP contribution in [0.5, 0.6) is 0 Å². The molecular formula is C26H26BrNO. The molecule has 3 aromatic carbocycles. The Balaban J connectivity index is 1.66.